The van der Waals surface area contributed by atoms with E-state index in [1.165, 1.54) is 17.5 Å². The van der Waals surface area contributed by atoms with Crippen molar-refractivity contribution >= 4 is 11.9 Å². The number of fused-ring (bicyclic) bond motifs is 1. The molecule has 20 heavy (non-hydrogen) atoms. The number of aryl methyl sites for hydroxylation is 2. The molecule has 0 saturated carbocycles. The summed E-state index contributed by atoms with van der Waals surface area (Å²) >= 11 is 0. The number of rotatable bonds is 3. The van der Waals surface area contributed by atoms with Crippen LogP contribution in [0.3, 0.4) is 0 Å². The minimum absolute atomic E-state index is 0.0501. The van der Waals surface area contributed by atoms with Crippen LogP contribution >= 0.6 is 0 Å². The normalized spacial score (nSPS) is 21.9. The second kappa shape index (κ2) is 5.15. The van der Waals surface area contributed by atoms with E-state index < -0.39 is 6.04 Å². The van der Waals surface area contributed by atoms with Crippen LogP contribution in [0.4, 0.5) is 4.79 Å². The molecule has 3 rings (SSSR count). The Morgan fingerprint density at radius 1 is 1.35 bits per heavy atom. The van der Waals surface area contributed by atoms with Crippen molar-refractivity contribution in [1.82, 2.24) is 16.0 Å². The topological polar surface area (TPSA) is 70.2 Å². The van der Waals surface area contributed by atoms with Crippen LogP contribution in [0.1, 0.15) is 36.1 Å². The molecule has 106 valence electrons. The fourth-order valence-electron chi connectivity index (χ4n) is 2.87. The van der Waals surface area contributed by atoms with Gasteiger partial charge in [-0.15, -0.1) is 0 Å². The van der Waals surface area contributed by atoms with Crippen molar-refractivity contribution in [3.05, 3.63) is 34.9 Å². The largest absolute Gasteiger partial charge is 0.348 e. The van der Waals surface area contributed by atoms with Gasteiger partial charge in [-0.25, -0.2) is 4.79 Å². The maximum Gasteiger partial charge on any atom is 0.315 e. The number of carbonyl (C=O) groups excluding carboxylic acids is 2. The van der Waals surface area contributed by atoms with Gasteiger partial charge in [-0.3, -0.25) is 4.79 Å². The maximum atomic E-state index is 12.0. The predicted octanol–water partition coefficient (Wildman–Crippen LogP) is 1.03. The van der Waals surface area contributed by atoms with Crippen LogP contribution in [0.15, 0.2) is 18.2 Å². The molecule has 0 aromatic heterocycles. The van der Waals surface area contributed by atoms with Crippen LogP contribution < -0.4 is 16.0 Å². The number of amides is 3. The second-order valence-electron chi connectivity index (χ2n) is 5.52. The van der Waals surface area contributed by atoms with Crippen LogP contribution in [-0.4, -0.2) is 24.5 Å². The van der Waals surface area contributed by atoms with Crippen LogP contribution in [0.25, 0.3) is 0 Å². The molecule has 0 bridgehead atoms. The molecule has 0 spiro atoms. The standard InChI is InChI=1S/C15H19N3O2/c1-9(17-14(19)13-8-16-15(20)18-13)11-6-5-10-3-2-4-12(10)7-11/h5-7,9,13H,2-4,8H2,1H3,(H,17,19)(H2,16,18,20)/t9-,13+/m1/s1. The zero-order valence-electron chi connectivity index (χ0n) is 11.5. The second-order valence-corrected chi connectivity index (χ2v) is 5.52. The van der Waals surface area contributed by atoms with Crippen molar-refractivity contribution in [3.63, 3.8) is 0 Å². The Hall–Kier alpha value is -2.04. The monoisotopic (exact) mass is 273 g/mol. The first-order valence-electron chi connectivity index (χ1n) is 7.10. The van der Waals surface area contributed by atoms with Crippen molar-refractivity contribution in [3.8, 4) is 0 Å². The molecule has 1 saturated heterocycles. The quantitative estimate of drug-likeness (QED) is 0.770. The van der Waals surface area contributed by atoms with E-state index >= 15 is 0 Å². The molecule has 3 amide bonds. The molecule has 5 nitrogen and oxygen atoms in total. The summed E-state index contributed by atoms with van der Waals surface area (Å²) < 4.78 is 0. The predicted molar refractivity (Wildman–Crippen MR) is 75.3 cm³/mol. The average molecular weight is 273 g/mol. The van der Waals surface area contributed by atoms with E-state index in [2.05, 4.69) is 34.1 Å². The van der Waals surface area contributed by atoms with Gasteiger partial charge >= 0.3 is 6.03 Å². The highest BCUT2D eigenvalue weighted by Crippen LogP contribution is 2.25. The number of nitrogens with one attached hydrogen (secondary N) is 3. The van der Waals surface area contributed by atoms with E-state index in [0.717, 1.165) is 18.4 Å². The lowest BCUT2D eigenvalue weighted by Gasteiger charge is -2.18. The fraction of sp³-hybridized carbons (Fsp3) is 0.467. The summed E-state index contributed by atoms with van der Waals surface area (Å²) in [6, 6.07) is 5.64. The van der Waals surface area contributed by atoms with E-state index in [9.17, 15) is 9.59 Å². The Balaban J connectivity index is 1.65. The third-order valence-electron chi connectivity index (χ3n) is 4.07. The first-order chi connectivity index (χ1) is 9.63. The molecule has 1 aliphatic carbocycles. The minimum atomic E-state index is -0.473. The van der Waals surface area contributed by atoms with Crippen molar-refractivity contribution < 1.29 is 9.59 Å². The van der Waals surface area contributed by atoms with Crippen molar-refractivity contribution in [2.75, 3.05) is 6.54 Å². The van der Waals surface area contributed by atoms with Gasteiger partial charge in [0.2, 0.25) is 5.91 Å². The number of hydrogen-bond acceptors (Lipinski definition) is 2. The molecule has 2 atom stereocenters. The Bertz CT molecular complexity index is 556. The lowest BCUT2D eigenvalue weighted by molar-refractivity contribution is -0.123. The van der Waals surface area contributed by atoms with Crippen molar-refractivity contribution in [2.24, 2.45) is 0 Å². The van der Waals surface area contributed by atoms with Gasteiger partial charge < -0.3 is 16.0 Å². The van der Waals surface area contributed by atoms with Gasteiger partial charge in [0, 0.05) is 6.54 Å². The number of carbonyl (C=O) groups is 2. The molecule has 1 fully saturated rings. The summed E-state index contributed by atoms with van der Waals surface area (Å²) in [5.74, 6) is -0.142. The SMILES string of the molecule is C[C@@H](NC(=O)[C@@H]1CNC(=O)N1)c1ccc2c(c1)CCC2. The van der Waals surface area contributed by atoms with E-state index in [1.807, 2.05) is 6.92 Å². The zero-order valence-corrected chi connectivity index (χ0v) is 11.5. The summed E-state index contributed by atoms with van der Waals surface area (Å²) in [4.78, 5) is 23.1. The molecule has 0 unspecified atom stereocenters. The van der Waals surface area contributed by atoms with Crippen LogP contribution in [0.2, 0.25) is 0 Å². The van der Waals surface area contributed by atoms with Gasteiger partial charge in [-0.1, -0.05) is 18.2 Å². The van der Waals surface area contributed by atoms with Gasteiger partial charge in [-0.05, 0) is 42.9 Å². The summed E-state index contributed by atoms with van der Waals surface area (Å²) in [6.45, 7) is 2.32. The lowest BCUT2D eigenvalue weighted by atomic mass is 10.0. The number of hydrogen-bond donors (Lipinski definition) is 3. The van der Waals surface area contributed by atoms with Gasteiger partial charge in [-0.2, -0.15) is 0 Å². The molecule has 1 heterocycles. The molecule has 0 radical (unpaired) electrons. The Morgan fingerprint density at radius 2 is 2.15 bits per heavy atom. The number of benzene rings is 1. The van der Waals surface area contributed by atoms with E-state index in [4.69, 9.17) is 0 Å². The molecule has 5 heteroatoms. The minimum Gasteiger partial charge on any atom is -0.348 e. The van der Waals surface area contributed by atoms with Gasteiger partial charge in [0.25, 0.3) is 0 Å². The van der Waals surface area contributed by atoms with Crippen molar-refractivity contribution in [1.29, 1.82) is 0 Å². The Morgan fingerprint density at radius 3 is 2.90 bits per heavy atom. The van der Waals surface area contributed by atoms with Gasteiger partial charge in [0.05, 0.1) is 6.04 Å². The highest BCUT2D eigenvalue weighted by atomic mass is 16.2. The maximum absolute atomic E-state index is 12.0. The van der Waals surface area contributed by atoms with Crippen LogP contribution in [0.5, 0.6) is 0 Å². The molecule has 2 aliphatic rings. The fourth-order valence-corrected chi connectivity index (χ4v) is 2.87. The molecular weight excluding hydrogens is 254 g/mol. The van der Waals surface area contributed by atoms with Gasteiger partial charge in [0.1, 0.15) is 6.04 Å². The molecule has 3 N–H and O–H groups in total. The van der Waals surface area contributed by atoms with Crippen LogP contribution in [0, 0.1) is 0 Å². The third-order valence-corrected chi connectivity index (χ3v) is 4.07. The summed E-state index contributed by atoms with van der Waals surface area (Å²) in [5, 5.41) is 8.13. The highest BCUT2D eigenvalue weighted by molar-refractivity contribution is 5.90. The van der Waals surface area contributed by atoms with Gasteiger partial charge in [0.15, 0.2) is 0 Å². The number of urea groups is 1. The van der Waals surface area contributed by atoms with E-state index in [0.29, 0.717) is 6.54 Å². The Labute approximate surface area is 118 Å². The Kier molecular flexibility index (Phi) is 3.34. The lowest BCUT2D eigenvalue weighted by Crippen LogP contribution is -2.43. The molecular formula is C15H19N3O2. The summed E-state index contributed by atoms with van der Waals surface area (Å²) in [7, 11) is 0. The molecule has 1 aromatic carbocycles. The smallest absolute Gasteiger partial charge is 0.315 e. The first-order valence-corrected chi connectivity index (χ1v) is 7.10. The summed E-state index contributed by atoms with van der Waals surface area (Å²) in [5.41, 5.74) is 3.95. The highest BCUT2D eigenvalue weighted by Gasteiger charge is 2.27. The molecule has 1 aromatic rings. The third kappa shape index (κ3) is 2.48. The van der Waals surface area contributed by atoms with Crippen LogP contribution in [-0.2, 0) is 17.6 Å². The average Bonchev–Trinajstić information content (AvgIpc) is 3.05. The molecule has 1 aliphatic heterocycles. The summed E-state index contributed by atoms with van der Waals surface area (Å²) in [6.07, 6.45) is 3.52. The zero-order chi connectivity index (χ0) is 14.1. The van der Waals surface area contributed by atoms with Crippen molar-refractivity contribution in [2.45, 2.75) is 38.3 Å². The van der Waals surface area contributed by atoms with E-state index in [1.54, 1.807) is 0 Å². The first kappa shape index (κ1) is 13.0. The van der Waals surface area contributed by atoms with E-state index in [-0.39, 0.29) is 18.0 Å².